The number of alkyl halides is 3. The number of carboxylic acid groups (broad SMARTS) is 1. The van der Waals surface area contributed by atoms with Gasteiger partial charge in [0.05, 0.1) is 5.56 Å². The molecule has 2 N–H and O–H groups in total. The zero-order valence-corrected chi connectivity index (χ0v) is 12.1. The Morgan fingerprint density at radius 3 is 2.79 bits per heavy atom. The normalized spacial score (nSPS) is 18.1. The van der Waals surface area contributed by atoms with Crippen LogP contribution in [-0.4, -0.2) is 37.9 Å². The number of rotatable bonds is 2. The van der Waals surface area contributed by atoms with Crippen molar-refractivity contribution in [2.75, 3.05) is 6.54 Å². The van der Waals surface area contributed by atoms with Crippen molar-refractivity contribution < 1.29 is 32.7 Å². The van der Waals surface area contributed by atoms with E-state index in [4.69, 9.17) is 9.63 Å². The highest BCUT2D eigenvalue weighted by Crippen LogP contribution is 2.38. The minimum atomic E-state index is -4.72. The van der Waals surface area contributed by atoms with Crippen LogP contribution in [-0.2, 0) is 6.18 Å². The van der Waals surface area contributed by atoms with Gasteiger partial charge >= 0.3 is 12.3 Å². The molecule has 0 bridgehead atoms. The van der Waals surface area contributed by atoms with E-state index in [2.05, 4.69) is 10.1 Å². The second kappa shape index (κ2) is 5.69. The Bertz CT molecular complexity index is 775. The molecule has 1 aliphatic rings. The zero-order chi connectivity index (χ0) is 17.5. The van der Waals surface area contributed by atoms with Gasteiger partial charge in [-0.3, -0.25) is 4.90 Å². The van der Waals surface area contributed by atoms with Crippen LogP contribution >= 0.6 is 0 Å². The van der Waals surface area contributed by atoms with Crippen molar-refractivity contribution in [3.8, 4) is 17.1 Å². The molecule has 1 aromatic heterocycles. The molecule has 3 rings (SSSR count). The molecule has 1 amide bonds. The van der Waals surface area contributed by atoms with E-state index in [9.17, 15) is 23.1 Å². The van der Waals surface area contributed by atoms with Crippen LogP contribution in [0.5, 0.6) is 5.75 Å². The highest BCUT2D eigenvalue weighted by molar-refractivity contribution is 5.66. The topological polar surface area (TPSA) is 99.7 Å². The van der Waals surface area contributed by atoms with Crippen LogP contribution in [0.15, 0.2) is 22.7 Å². The lowest BCUT2D eigenvalue weighted by Gasteiger charge is -2.17. The van der Waals surface area contributed by atoms with E-state index in [0.29, 0.717) is 25.5 Å². The number of hydrogen-bond acceptors (Lipinski definition) is 5. The quantitative estimate of drug-likeness (QED) is 0.868. The van der Waals surface area contributed by atoms with Crippen LogP contribution in [0.1, 0.15) is 30.3 Å². The van der Waals surface area contributed by atoms with E-state index in [1.54, 1.807) is 0 Å². The largest absolute Gasteiger partial charge is 0.507 e. The SMILES string of the molecule is O=C(O)N1CCCC1c1nc(-c2ccc(O)c(C(F)(F)F)c2)no1. The maximum absolute atomic E-state index is 12.8. The molecule has 1 unspecified atom stereocenters. The zero-order valence-electron chi connectivity index (χ0n) is 12.1. The summed E-state index contributed by atoms with van der Waals surface area (Å²) < 4.78 is 43.5. The van der Waals surface area contributed by atoms with Crippen molar-refractivity contribution in [2.24, 2.45) is 0 Å². The molecule has 1 fully saturated rings. The first-order valence-corrected chi connectivity index (χ1v) is 7.01. The van der Waals surface area contributed by atoms with Gasteiger partial charge in [0.1, 0.15) is 11.8 Å². The number of benzene rings is 1. The van der Waals surface area contributed by atoms with E-state index < -0.39 is 29.6 Å². The average Bonchev–Trinajstić information content (AvgIpc) is 3.15. The number of aromatic nitrogens is 2. The van der Waals surface area contributed by atoms with Crippen molar-refractivity contribution >= 4 is 6.09 Å². The first-order valence-electron chi connectivity index (χ1n) is 7.01. The summed E-state index contributed by atoms with van der Waals surface area (Å²) in [7, 11) is 0. The van der Waals surface area contributed by atoms with Gasteiger partial charge in [-0.1, -0.05) is 5.16 Å². The maximum atomic E-state index is 12.8. The van der Waals surface area contributed by atoms with Crippen LogP contribution in [0.2, 0.25) is 0 Å². The van der Waals surface area contributed by atoms with Gasteiger partial charge in [-0.2, -0.15) is 18.2 Å². The molecule has 2 heterocycles. The van der Waals surface area contributed by atoms with E-state index in [0.717, 1.165) is 11.0 Å². The fraction of sp³-hybridized carbons (Fsp3) is 0.357. The van der Waals surface area contributed by atoms with Gasteiger partial charge in [0.25, 0.3) is 0 Å². The van der Waals surface area contributed by atoms with Crippen molar-refractivity contribution in [3.63, 3.8) is 0 Å². The number of halogens is 3. The summed E-state index contributed by atoms with van der Waals surface area (Å²) in [4.78, 5) is 16.3. The third-order valence-electron chi connectivity index (χ3n) is 3.79. The number of likely N-dealkylation sites (tertiary alicyclic amines) is 1. The molecule has 1 aliphatic heterocycles. The first-order chi connectivity index (χ1) is 11.3. The van der Waals surface area contributed by atoms with Crippen LogP contribution in [0, 0.1) is 0 Å². The molecule has 1 atom stereocenters. The Morgan fingerprint density at radius 2 is 2.12 bits per heavy atom. The van der Waals surface area contributed by atoms with Crippen LogP contribution in [0.4, 0.5) is 18.0 Å². The number of phenols is 1. The smallest absolute Gasteiger partial charge is 0.419 e. The lowest BCUT2D eigenvalue weighted by Crippen LogP contribution is -2.28. The number of carbonyl (C=O) groups is 1. The maximum Gasteiger partial charge on any atom is 0.419 e. The third-order valence-corrected chi connectivity index (χ3v) is 3.79. The van der Waals surface area contributed by atoms with Gasteiger partial charge in [-0.25, -0.2) is 4.79 Å². The Hall–Kier alpha value is -2.78. The second-order valence-corrected chi connectivity index (χ2v) is 5.32. The summed E-state index contributed by atoms with van der Waals surface area (Å²) >= 11 is 0. The number of phenolic OH excluding ortho intramolecular Hbond substituents is 1. The molecule has 0 saturated carbocycles. The first kappa shape index (κ1) is 16.1. The summed E-state index contributed by atoms with van der Waals surface area (Å²) in [5, 5.41) is 22.1. The van der Waals surface area contributed by atoms with Gasteiger partial charge < -0.3 is 14.7 Å². The number of nitrogens with zero attached hydrogens (tertiary/aromatic N) is 3. The predicted molar refractivity (Wildman–Crippen MR) is 73.1 cm³/mol. The number of amides is 1. The summed E-state index contributed by atoms with van der Waals surface area (Å²) in [6.45, 7) is 0.329. The monoisotopic (exact) mass is 343 g/mol. The Morgan fingerprint density at radius 1 is 1.38 bits per heavy atom. The summed E-state index contributed by atoms with van der Waals surface area (Å²) in [6.07, 6.45) is -4.72. The Kier molecular flexibility index (Phi) is 3.82. The molecule has 0 spiro atoms. The molecule has 128 valence electrons. The minimum absolute atomic E-state index is 0.00926. The van der Waals surface area contributed by atoms with E-state index in [-0.39, 0.29) is 17.3 Å². The van der Waals surface area contributed by atoms with Crippen molar-refractivity contribution in [3.05, 3.63) is 29.7 Å². The lowest BCUT2D eigenvalue weighted by atomic mass is 10.1. The molecular formula is C14H12F3N3O4. The van der Waals surface area contributed by atoms with Crippen LogP contribution in [0.25, 0.3) is 11.4 Å². The fourth-order valence-corrected chi connectivity index (χ4v) is 2.64. The lowest BCUT2D eigenvalue weighted by molar-refractivity contribution is -0.138. The van der Waals surface area contributed by atoms with Crippen molar-refractivity contribution in [1.29, 1.82) is 0 Å². The molecule has 0 aliphatic carbocycles. The molecule has 2 aromatic rings. The van der Waals surface area contributed by atoms with E-state index >= 15 is 0 Å². The number of aromatic hydroxyl groups is 1. The third kappa shape index (κ3) is 2.86. The van der Waals surface area contributed by atoms with Gasteiger partial charge in [-0.15, -0.1) is 0 Å². The summed E-state index contributed by atoms with van der Waals surface area (Å²) in [5.74, 6) is -0.970. The molecule has 0 radical (unpaired) electrons. The van der Waals surface area contributed by atoms with Crippen molar-refractivity contribution in [2.45, 2.75) is 25.1 Å². The molecule has 7 nitrogen and oxygen atoms in total. The average molecular weight is 343 g/mol. The Labute approximate surface area is 133 Å². The molecule has 1 saturated heterocycles. The highest BCUT2D eigenvalue weighted by atomic mass is 19.4. The van der Waals surface area contributed by atoms with Gasteiger partial charge in [-0.05, 0) is 31.0 Å². The molecule has 1 aromatic carbocycles. The van der Waals surface area contributed by atoms with Gasteiger partial charge in [0.2, 0.25) is 11.7 Å². The van der Waals surface area contributed by atoms with Gasteiger partial charge in [0, 0.05) is 12.1 Å². The number of hydrogen-bond donors (Lipinski definition) is 2. The van der Waals surface area contributed by atoms with E-state index in [1.807, 2.05) is 0 Å². The summed E-state index contributed by atoms with van der Waals surface area (Å²) in [5.41, 5.74) is -1.20. The summed E-state index contributed by atoms with van der Waals surface area (Å²) in [6, 6.07) is 2.23. The van der Waals surface area contributed by atoms with Crippen LogP contribution < -0.4 is 0 Å². The second-order valence-electron chi connectivity index (χ2n) is 5.32. The molecule has 10 heteroatoms. The van der Waals surface area contributed by atoms with Crippen molar-refractivity contribution in [1.82, 2.24) is 15.0 Å². The predicted octanol–water partition coefficient (Wildman–Crippen LogP) is 3.28. The fourth-order valence-electron chi connectivity index (χ4n) is 2.64. The molecule has 24 heavy (non-hydrogen) atoms. The van der Waals surface area contributed by atoms with Gasteiger partial charge in [0.15, 0.2) is 0 Å². The molecular weight excluding hydrogens is 331 g/mol. The Balaban J connectivity index is 1.93. The standard InChI is InChI=1S/C14H12F3N3O4/c15-14(16,17)8-6-7(3-4-10(8)21)11-18-12(24-19-11)9-2-1-5-20(9)13(22)23/h3-4,6,9,21H,1-2,5H2,(H,22,23). The minimum Gasteiger partial charge on any atom is -0.507 e. The highest BCUT2D eigenvalue weighted by Gasteiger charge is 2.36. The van der Waals surface area contributed by atoms with E-state index in [1.165, 1.54) is 6.07 Å². The van der Waals surface area contributed by atoms with Crippen LogP contribution in [0.3, 0.4) is 0 Å².